The number of thiophene rings is 1. The molecule has 2 atom stereocenters. The number of hydrogen-bond donors (Lipinski definition) is 2. The molecule has 3 rings (SSSR count). The second-order valence-electron chi connectivity index (χ2n) is 7.23. The monoisotopic (exact) mass is 422 g/mol. The van der Waals surface area contributed by atoms with Gasteiger partial charge in [0.1, 0.15) is 4.21 Å². The van der Waals surface area contributed by atoms with Crippen molar-refractivity contribution in [1.82, 2.24) is 19.9 Å². The highest BCUT2D eigenvalue weighted by Crippen LogP contribution is 2.20. The van der Waals surface area contributed by atoms with E-state index in [1.807, 2.05) is 31.0 Å². The van der Waals surface area contributed by atoms with Crippen LogP contribution in [0.5, 0.6) is 0 Å². The number of nitrogens with one attached hydrogen (secondary N) is 2. The fourth-order valence-electron chi connectivity index (χ4n) is 3.43. The first-order chi connectivity index (χ1) is 13.3. The van der Waals surface area contributed by atoms with Crippen molar-refractivity contribution in [2.45, 2.75) is 36.6 Å². The lowest BCUT2D eigenvalue weighted by Crippen LogP contribution is -2.41. The summed E-state index contributed by atoms with van der Waals surface area (Å²) < 4.78 is 28.1. The molecule has 0 aliphatic carbocycles. The number of aromatic nitrogens is 1. The Kier molecular flexibility index (Phi) is 6.82. The molecule has 1 fully saturated rings. The molecule has 1 aliphatic heterocycles. The molecule has 0 saturated carbocycles. The molecule has 2 N–H and O–H groups in total. The average Bonchev–Trinajstić information content (AvgIpc) is 3.13. The maximum Gasteiger partial charge on any atom is 0.250 e. The fraction of sp³-hybridized carbons (Fsp3) is 0.474. The van der Waals surface area contributed by atoms with Gasteiger partial charge >= 0.3 is 0 Å². The van der Waals surface area contributed by atoms with E-state index in [1.54, 1.807) is 23.7 Å². The molecule has 28 heavy (non-hydrogen) atoms. The fourth-order valence-corrected chi connectivity index (χ4v) is 5.71. The zero-order chi connectivity index (χ0) is 20.1. The number of carbonyl (C=O) groups is 1. The topological polar surface area (TPSA) is 91.4 Å². The number of sulfonamides is 1. The number of rotatable bonds is 6. The van der Waals surface area contributed by atoms with Gasteiger partial charge in [0.2, 0.25) is 15.9 Å². The van der Waals surface area contributed by atoms with Crippen molar-refractivity contribution in [2.75, 3.05) is 20.1 Å². The van der Waals surface area contributed by atoms with Crippen LogP contribution in [0.25, 0.3) is 0 Å². The second kappa shape index (κ2) is 9.13. The first-order valence-electron chi connectivity index (χ1n) is 9.28. The molecule has 0 radical (unpaired) electrons. The Hall–Kier alpha value is -1.81. The van der Waals surface area contributed by atoms with Crippen LogP contribution in [0.15, 0.2) is 40.1 Å². The van der Waals surface area contributed by atoms with Gasteiger partial charge in [0.25, 0.3) is 0 Å². The number of hydrogen-bond acceptors (Lipinski definition) is 6. The maximum atomic E-state index is 12.7. The lowest BCUT2D eigenvalue weighted by Gasteiger charge is -2.21. The molecule has 1 aliphatic rings. The van der Waals surface area contributed by atoms with Crippen LogP contribution in [0.1, 0.15) is 24.1 Å². The molecular weight excluding hydrogens is 396 g/mol. The summed E-state index contributed by atoms with van der Waals surface area (Å²) in [5.41, 5.74) is 1.91. The van der Waals surface area contributed by atoms with Gasteiger partial charge in [-0.05, 0) is 49.9 Å². The number of carbonyl (C=O) groups excluding carboxylic acids is 1. The minimum absolute atomic E-state index is 0.0151. The number of pyridine rings is 1. The normalized spacial score (nSPS) is 21.2. The van der Waals surface area contributed by atoms with Gasteiger partial charge in [0, 0.05) is 25.3 Å². The smallest absolute Gasteiger partial charge is 0.250 e. The van der Waals surface area contributed by atoms with Crippen LogP contribution < -0.4 is 10.0 Å². The van der Waals surface area contributed by atoms with E-state index in [-0.39, 0.29) is 17.9 Å². The van der Waals surface area contributed by atoms with E-state index < -0.39 is 10.0 Å². The van der Waals surface area contributed by atoms with Crippen LogP contribution in [0, 0.1) is 12.8 Å². The highest BCUT2D eigenvalue weighted by atomic mass is 32.2. The van der Waals surface area contributed by atoms with Crippen molar-refractivity contribution in [3.05, 3.63) is 47.1 Å². The standard InChI is InChI=1S/C19H26N4O3S2/c1-14-5-3-9-20-17(14)11-21-19(24)15-7-8-16(13-23(2)12-15)22-28(25,26)18-6-4-10-27-18/h3-6,9-10,15-16,22H,7-8,11-13H2,1-2H3,(H,21,24)/t15-,16+/m1/s1. The molecule has 7 nitrogen and oxygen atoms in total. The van der Waals surface area contributed by atoms with Crippen molar-refractivity contribution in [2.24, 2.45) is 5.92 Å². The van der Waals surface area contributed by atoms with E-state index in [9.17, 15) is 13.2 Å². The highest BCUT2D eigenvalue weighted by molar-refractivity contribution is 7.91. The van der Waals surface area contributed by atoms with Crippen molar-refractivity contribution in [1.29, 1.82) is 0 Å². The average molecular weight is 423 g/mol. The van der Waals surface area contributed by atoms with E-state index in [0.717, 1.165) is 11.3 Å². The van der Waals surface area contributed by atoms with Gasteiger partial charge in [-0.3, -0.25) is 9.78 Å². The summed E-state index contributed by atoms with van der Waals surface area (Å²) in [6.45, 7) is 3.55. The molecule has 1 saturated heterocycles. The predicted molar refractivity (Wildman–Crippen MR) is 109 cm³/mol. The Balaban J connectivity index is 1.57. The lowest BCUT2D eigenvalue weighted by atomic mass is 10.0. The van der Waals surface area contributed by atoms with Gasteiger partial charge in [0.15, 0.2) is 0 Å². The number of nitrogens with zero attached hydrogens (tertiary/aromatic N) is 2. The molecular formula is C19H26N4O3S2. The Bertz CT molecular complexity index is 900. The molecule has 0 bridgehead atoms. The minimum Gasteiger partial charge on any atom is -0.350 e. The van der Waals surface area contributed by atoms with Crippen molar-refractivity contribution >= 4 is 27.3 Å². The predicted octanol–water partition coefficient (Wildman–Crippen LogP) is 1.76. The van der Waals surface area contributed by atoms with Crippen LogP contribution in [0.4, 0.5) is 0 Å². The second-order valence-corrected chi connectivity index (χ2v) is 10.1. The van der Waals surface area contributed by atoms with Crippen LogP contribution in [-0.2, 0) is 21.4 Å². The van der Waals surface area contributed by atoms with E-state index in [2.05, 4.69) is 15.0 Å². The third-order valence-corrected chi connectivity index (χ3v) is 7.85. The van der Waals surface area contributed by atoms with Gasteiger partial charge < -0.3 is 10.2 Å². The molecule has 3 heterocycles. The Labute approximate surface area is 170 Å². The van der Waals surface area contributed by atoms with E-state index in [0.29, 0.717) is 36.7 Å². The summed E-state index contributed by atoms with van der Waals surface area (Å²) >= 11 is 1.20. The number of amides is 1. The quantitative estimate of drug-likeness (QED) is 0.740. The first kappa shape index (κ1) is 20.9. The van der Waals surface area contributed by atoms with Crippen LogP contribution in [-0.4, -0.2) is 50.4 Å². The molecule has 0 aromatic carbocycles. The molecule has 9 heteroatoms. The molecule has 152 valence electrons. The summed E-state index contributed by atoms with van der Waals surface area (Å²) in [5, 5.41) is 4.73. The first-order valence-corrected chi connectivity index (χ1v) is 11.6. The minimum atomic E-state index is -3.51. The largest absolute Gasteiger partial charge is 0.350 e. The summed E-state index contributed by atoms with van der Waals surface area (Å²) in [5.74, 6) is -0.191. The Morgan fingerprint density at radius 2 is 2.11 bits per heavy atom. The molecule has 0 spiro atoms. The summed E-state index contributed by atoms with van der Waals surface area (Å²) in [4.78, 5) is 19.0. The molecule has 2 aromatic heterocycles. The summed E-state index contributed by atoms with van der Waals surface area (Å²) in [7, 11) is -1.59. The van der Waals surface area contributed by atoms with Crippen LogP contribution >= 0.6 is 11.3 Å². The van der Waals surface area contributed by atoms with Gasteiger partial charge in [-0.1, -0.05) is 12.1 Å². The zero-order valence-electron chi connectivity index (χ0n) is 16.1. The third-order valence-electron chi connectivity index (χ3n) is 4.93. The number of likely N-dealkylation sites (tertiary alicyclic amines) is 1. The van der Waals surface area contributed by atoms with Gasteiger partial charge in [0.05, 0.1) is 18.2 Å². The van der Waals surface area contributed by atoms with Gasteiger partial charge in [-0.2, -0.15) is 0 Å². The van der Waals surface area contributed by atoms with Crippen molar-refractivity contribution < 1.29 is 13.2 Å². The van der Waals surface area contributed by atoms with E-state index >= 15 is 0 Å². The van der Waals surface area contributed by atoms with Crippen molar-refractivity contribution in [3.63, 3.8) is 0 Å². The number of likely N-dealkylation sites (N-methyl/N-ethyl adjacent to an activating group) is 1. The highest BCUT2D eigenvalue weighted by Gasteiger charge is 2.29. The Morgan fingerprint density at radius 1 is 1.29 bits per heavy atom. The van der Waals surface area contributed by atoms with Crippen LogP contribution in [0.3, 0.4) is 0 Å². The summed E-state index contributed by atoms with van der Waals surface area (Å²) in [6, 6.07) is 6.95. The van der Waals surface area contributed by atoms with Crippen molar-refractivity contribution in [3.8, 4) is 0 Å². The molecule has 0 unspecified atom stereocenters. The zero-order valence-corrected chi connectivity index (χ0v) is 17.7. The van der Waals surface area contributed by atoms with Gasteiger partial charge in [-0.15, -0.1) is 11.3 Å². The van der Waals surface area contributed by atoms with E-state index in [1.165, 1.54) is 11.3 Å². The van der Waals surface area contributed by atoms with E-state index in [4.69, 9.17) is 0 Å². The molecule has 2 aromatic rings. The lowest BCUT2D eigenvalue weighted by molar-refractivity contribution is -0.125. The maximum absolute atomic E-state index is 12.7. The third kappa shape index (κ3) is 5.38. The Morgan fingerprint density at radius 3 is 2.82 bits per heavy atom. The van der Waals surface area contributed by atoms with Gasteiger partial charge in [-0.25, -0.2) is 13.1 Å². The number of aryl methyl sites for hydroxylation is 1. The molecule has 1 amide bonds. The summed E-state index contributed by atoms with van der Waals surface area (Å²) in [6.07, 6.45) is 2.98. The SMILES string of the molecule is Cc1cccnc1CNC(=O)[C@@H]1CC[C@H](NS(=O)(=O)c2cccs2)CN(C)C1. The van der Waals surface area contributed by atoms with Crippen LogP contribution in [0.2, 0.25) is 0 Å².